The molecule has 2 atom stereocenters. The molecule has 0 amide bonds. The van der Waals surface area contributed by atoms with Crippen LogP contribution in [-0.4, -0.2) is 54.3 Å². The van der Waals surface area contributed by atoms with Gasteiger partial charge in [0.15, 0.2) is 0 Å². The lowest BCUT2D eigenvalue weighted by atomic mass is 9.90. The normalized spacial score (nSPS) is 39.2. The van der Waals surface area contributed by atoms with Crippen molar-refractivity contribution in [3.05, 3.63) is 0 Å². The summed E-state index contributed by atoms with van der Waals surface area (Å²) >= 11 is 2.07. The number of thioether (sulfide) groups is 1. The van der Waals surface area contributed by atoms with Crippen LogP contribution in [0.5, 0.6) is 0 Å². The van der Waals surface area contributed by atoms with Crippen molar-refractivity contribution in [2.45, 2.75) is 30.6 Å². The highest BCUT2D eigenvalue weighted by Crippen LogP contribution is 2.39. The van der Waals surface area contributed by atoms with E-state index in [0.29, 0.717) is 5.25 Å². The van der Waals surface area contributed by atoms with E-state index >= 15 is 0 Å². The van der Waals surface area contributed by atoms with Gasteiger partial charge in [0.1, 0.15) is 0 Å². The second kappa shape index (κ2) is 5.04. The van der Waals surface area contributed by atoms with Crippen LogP contribution in [0.1, 0.15) is 19.8 Å². The molecule has 4 heteroatoms. The van der Waals surface area contributed by atoms with Crippen molar-refractivity contribution in [3.8, 4) is 0 Å². The van der Waals surface area contributed by atoms with Gasteiger partial charge in [-0.25, -0.2) is 0 Å². The van der Waals surface area contributed by atoms with Gasteiger partial charge in [0.2, 0.25) is 0 Å². The van der Waals surface area contributed by atoms with Gasteiger partial charge < -0.3 is 10.5 Å². The fourth-order valence-electron chi connectivity index (χ4n) is 2.77. The zero-order valence-corrected chi connectivity index (χ0v) is 10.4. The SMILES string of the molecule is CC1SCCC1(CN)N1CCCOCC1. The average molecular weight is 230 g/mol. The molecule has 0 saturated carbocycles. The first-order valence-electron chi connectivity index (χ1n) is 5.94. The highest BCUT2D eigenvalue weighted by molar-refractivity contribution is 8.00. The van der Waals surface area contributed by atoms with Crippen molar-refractivity contribution in [3.63, 3.8) is 0 Å². The molecular weight excluding hydrogens is 208 g/mol. The Balaban J connectivity index is 2.09. The second-order valence-corrected chi connectivity index (χ2v) is 5.97. The van der Waals surface area contributed by atoms with E-state index in [9.17, 15) is 0 Å². The zero-order chi connectivity index (χ0) is 10.7. The van der Waals surface area contributed by atoms with E-state index in [-0.39, 0.29) is 5.54 Å². The molecule has 0 aromatic rings. The summed E-state index contributed by atoms with van der Waals surface area (Å²) in [7, 11) is 0. The van der Waals surface area contributed by atoms with Gasteiger partial charge in [-0.3, -0.25) is 4.90 Å². The first-order chi connectivity index (χ1) is 7.29. The molecule has 15 heavy (non-hydrogen) atoms. The highest BCUT2D eigenvalue weighted by Gasteiger charge is 2.44. The molecule has 2 fully saturated rings. The monoisotopic (exact) mass is 230 g/mol. The maximum atomic E-state index is 6.05. The molecule has 0 aliphatic carbocycles. The number of nitrogens with zero attached hydrogens (tertiary/aromatic N) is 1. The van der Waals surface area contributed by atoms with Crippen LogP contribution in [0, 0.1) is 0 Å². The lowest BCUT2D eigenvalue weighted by Gasteiger charge is -2.42. The molecule has 0 radical (unpaired) electrons. The maximum absolute atomic E-state index is 6.05. The fourth-order valence-corrected chi connectivity index (χ4v) is 4.27. The summed E-state index contributed by atoms with van der Waals surface area (Å²) < 4.78 is 5.52. The van der Waals surface area contributed by atoms with Crippen LogP contribution in [0.2, 0.25) is 0 Å². The second-order valence-electron chi connectivity index (χ2n) is 4.52. The van der Waals surface area contributed by atoms with E-state index in [1.807, 2.05) is 0 Å². The Bertz CT molecular complexity index is 207. The number of nitrogens with two attached hydrogens (primary N) is 1. The minimum absolute atomic E-state index is 0.248. The molecule has 2 aliphatic rings. The van der Waals surface area contributed by atoms with Gasteiger partial charge in [-0.1, -0.05) is 6.92 Å². The lowest BCUT2D eigenvalue weighted by molar-refractivity contribution is 0.0850. The van der Waals surface area contributed by atoms with Crippen molar-refractivity contribution in [2.75, 3.05) is 38.6 Å². The Labute approximate surface area is 96.7 Å². The smallest absolute Gasteiger partial charge is 0.0593 e. The molecule has 3 nitrogen and oxygen atoms in total. The fraction of sp³-hybridized carbons (Fsp3) is 1.00. The van der Waals surface area contributed by atoms with E-state index in [0.717, 1.165) is 39.3 Å². The van der Waals surface area contributed by atoms with Crippen LogP contribution >= 0.6 is 11.8 Å². The molecule has 0 spiro atoms. The molecule has 2 heterocycles. The minimum Gasteiger partial charge on any atom is -0.380 e. The van der Waals surface area contributed by atoms with E-state index in [1.165, 1.54) is 12.2 Å². The van der Waals surface area contributed by atoms with Gasteiger partial charge in [-0.15, -0.1) is 0 Å². The third kappa shape index (κ3) is 2.18. The van der Waals surface area contributed by atoms with Crippen molar-refractivity contribution in [2.24, 2.45) is 5.73 Å². The lowest BCUT2D eigenvalue weighted by Crippen LogP contribution is -2.58. The quantitative estimate of drug-likeness (QED) is 0.766. The Kier molecular flexibility index (Phi) is 3.93. The van der Waals surface area contributed by atoms with E-state index < -0.39 is 0 Å². The number of ether oxygens (including phenoxy) is 1. The molecule has 0 aromatic heterocycles. The van der Waals surface area contributed by atoms with Crippen molar-refractivity contribution < 1.29 is 4.74 Å². The van der Waals surface area contributed by atoms with Crippen LogP contribution in [0.15, 0.2) is 0 Å². The average Bonchev–Trinajstić information content (AvgIpc) is 2.49. The highest BCUT2D eigenvalue weighted by atomic mass is 32.2. The van der Waals surface area contributed by atoms with Crippen LogP contribution in [0.3, 0.4) is 0 Å². The van der Waals surface area contributed by atoms with Crippen LogP contribution < -0.4 is 5.73 Å². The third-order valence-corrected chi connectivity index (χ3v) is 5.24. The topological polar surface area (TPSA) is 38.5 Å². The standard InChI is InChI=1S/C11H22N2OS/c1-10-11(9-12,3-8-15-10)13-4-2-6-14-7-5-13/h10H,2-9,12H2,1H3. The first kappa shape index (κ1) is 11.7. The molecule has 2 unspecified atom stereocenters. The molecular formula is C11H22N2OS. The summed E-state index contributed by atoms with van der Waals surface area (Å²) in [6.07, 6.45) is 2.40. The Morgan fingerprint density at radius 2 is 2.33 bits per heavy atom. The van der Waals surface area contributed by atoms with Crippen LogP contribution in [-0.2, 0) is 4.74 Å². The van der Waals surface area contributed by atoms with Crippen molar-refractivity contribution in [1.29, 1.82) is 0 Å². The largest absolute Gasteiger partial charge is 0.380 e. The molecule has 2 rings (SSSR count). The number of hydrogen-bond donors (Lipinski definition) is 1. The zero-order valence-electron chi connectivity index (χ0n) is 9.58. The number of rotatable bonds is 2. The van der Waals surface area contributed by atoms with Crippen LogP contribution in [0.4, 0.5) is 0 Å². The summed E-state index contributed by atoms with van der Waals surface area (Å²) in [5.74, 6) is 1.26. The van der Waals surface area contributed by atoms with Crippen molar-refractivity contribution >= 4 is 11.8 Å². The third-order valence-electron chi connectivity index (χ3n) is 3.87. The van der Waals surface area contributed by atoms with Gasteiger partial charge in [-0.2, -0.15) is 11.8 Å². The molecule has 2 aliphatic heterocycles. The molecule has 2 N–H and O–H groups in total. The van der Waals surface area contributed by atoms with Gasteiger partial charge in [0.25, 0.3) is 0 Å². The van der Waals surface area contributed by atoms with E-state index in [2.05, 4.69) is 23.6 Å². The van der Waals surface area contributed by atoms with E-state index in [4.69, 9.17) is 10.5 Å². The predicted molar refractivity (Wildman–Crippen MR) is 65.3 cm³/mol. The molecule has 0 bridgehead atoms. The van der Waals surface area contributed by atoms with Gasteiger partial charge in [0.05, 0.1) is 6.61 Å². The summed E-state index contributed by atoms with van der Waals surface area (Å²) in [6, 6.07) is 0. The minimum atomic E-state index is 0.248. The number of hydrogen-bond acceptors (Lipinski definition) is 4. The van der Waals surface area contributed by atoms with E-state index in [1.54, 1.807) is 0 Å². The van der Waals surface area contributed by atoms with Gasteiger partial charge in [0, 0.05) is 37.0 Å². The Hall–Kier alpha value is 0.230. The van der Waals surface area contributed by atoms with Crippen molar-refractivity contribution in [1.82, 2.24) is 4.90 Å². The molecule has 0 aromatic carbocycles. The summed E-state index contributed by atoms with van der Waals surface area (Å²) in [6.45, 7) is 7.12. The van der Waals surface area contributed by atoms with Gasteiger partial charge in [-0.05, 0) is 18.6 Å². The summed E-state index contributed by atoms with van der Waals surface area (Å²) in [4.78, 5) is 2.59. The summed E-state index contributed by atoms with van der Waals surface area (Å²) in [5.41, 5.74) is 6.29. The Morgan fingerprint density at radius 1 is 1.47 bits per heavy atom. The maximum Gasteiger partial charge on any atom is 0.0593 e. The first-order valence-corrected chi connectivity index (χ1v) is 6.99. The van der Waals surface area contributed by atoms with Crippen LogP contribution in [0.25, 0.3) is 0 Å². The molecule has 2 saturated heterocycles. The summed E-state index contributed by atoms with van der Waals surface area (Å²) in [5, 5.41) is 0.667. The molecule has 88 valence electrons. The Morgan fingerprint density at radius 3 is 3.00 bits per heavy atom. The predicted octanol–water partition coefficient (Wildman–Crippen LogP) is 0.932. The van der Waals surface area contributed by atoms with Gasteiger partial charge >= 0.3 is 0 Å².